The fourth-order valence-corrected chi connectivity index (χ4v) is 1.55. The highest BCUT2D eigenvalue weighted by Crippen LogP contribution is 2.03. The van der Waals surface area contributed by atoms with Crippen LogP contribution in [0, 0.1) is 0 Å². The summed E-state index contributed by atoms with van der Waals surface area (Å²) in [6.45, 7) is 3.13. The quantitative estimate of drug-likeness (QED) is 0.537. The Hall–Kier alpha value is -1.35. The van der Waals surface area contributed by atoms with Gasteiger partial charge in [-0.25, -0.2) is 0 Å². The van der Waals surface area contributed by atoms with Crippen molar-refractivity contribution in [3.63, 3.8) is 0 Å². The fourth-order valence-electron chi connectivity index (χ4n) is 1.55. The van der Waals surface area contributed by atoms with Crippen molar-refractivity contribution in [2.24, 2.45) is 0 Å². The molecular weight excluding hydrogens is 214 g/mol. The summed E-state index contributed by atoms with van der Waals surface area (Å²) in [5.41, 5.74) is 1.35. The van der Waals surface area contributed by atoms with Crippen molar-refractivity contribution in [3.8, 4) is 0 Å². The third-order valence-electron chi connectivity index (χ3n) is 2.58. The van der Waals surface area contributed by atoms with Crippen LogP contribution >= 0.6 is 0 Å². The number of carbonyl (C=O) groups is 1. The number of hydrogen-bond donors (Lipinski definition) is 0. The van der Waals surface area contributed by atoms with Crippen LogP contribution in [0.25, 0.3) is 0 Å². The van der Waals surface area contributed by atoms with Crippen molar-refractivity contribution in [1.29, 1.82) is 0 Å². The van der Waals surface area contributed by atoms with Crippen LogP contribution in [-0.2, 0) is 16.0 Å². The molecule has 3 heteroatoms. The first kappa shape index (κ1) is 13.7. The molecule has 0 aliphatic rings. The van der Waals surface area contributed by atoms with Gasteiger partial charge in [-0.1, -0.05) is 37.3 Å². The van der Waals surface area contributed by atoms with E-state index in [2.05, 4.69) is 24.3 Å². The maximum atomic E-state index is 11.0. The molecule has 1 aromatic rings. The Morgan fingerprint density at radius 1 is 1.29 bits per heavy atom. The Morgan fingerprint density at radius 2 is 2.00 bits per heavy atom. The van der Waals surface area contributed by atoms with E-state index in [1.807, 2.05) is 18.0 Å². The van der Waals surface area contributed by atoms with E-state index < -0.39 is 0 Å². The molecule has 17 heavy (non-hydrogen) atoms. The van der Waals surface area contributed by atoms with E-state index in [4.69, 9.17) is 4.74 Å². The molecule has 0 spiro atoms. The molecule has 0 saturated carbocycles. The van der Waals surface area contributed by atoms with Crippen LogP contribution in [0.5, 0.6) is 0 Å². The minimum absolute atomic E-state index is 0.139. The van der Waals surface area contributed by atoms with Crippen molar-refractivity contribution in [1.82, 2.24) is 4.90 Å². The highest BCUT2D eigenvalue weighted by molar-refractivity contribution is 5.68. The summed E-state index contributed by atoms with van der Waals surface area (Å²) in [5, 5.41) is 0. The van der Waals surface area contributed by atoms with Crippen molar-refractivity contribution >= 4 is 5.97 Å². The van der Waals surface area contributed by atoms with Crippen LogP contribution in [-0.4, -0.2) is 31.2 Å². The van der Waals surface area contributed by atoms with Gasteiger partial charge in [0, 0.05) is 13.0 Å². The van der Waals surface area contributed by atoms with Crippen molar-refractivity contribution in [2.75, 3.05) is 20.3 Å². The van der Waals surface area contributed by atoms with Crippen LogP contribution in [0.1, 0.15) is 25.3 Å². The number of ether oxygens (including phenoxy) is 1. The standard InChI is InChI=1S/C14H21NO2/c1-3-14(16)17-12-15(2)11-7-10-13-8-5-4-6-9-13/h4-6,8-9H,3,7,10-12H2,1-2H3. The summed E-state index contributed by atoms with van der Waals surface area (Å²) < 4.78 is 5.04. The molecule has 0 radical (unpaired) electrons. The molecule has 0 bridgehead atoms. The van der Waals surface area contributed by atoms with Gasteiger partial charge < -0.3 is 4.74 Å². The lowest BCUT2D eigenvalue weighted by atomic mass is 10.1. The molecule has 0 aromatic heterocycles. The zero-order chi connectivity index (χ0) is 12.5. The van der Waals surface area contributed by atoms with Crippen LogP contribution in [0.3, 0.4) is 0 Å². The van der Waals surface area contributed by atoms with Gasteiger partial charge in [0.1, 0.15) is 6.73 Å². The molecular formula is C14H21NO2. The summed E-state index contributed by atoms with van der Waals surface area (Å²) in [6.07, 6.45) is 2.58. The van der Waals surface area contributed by atoms with Gasteiger partial charge in [-0.05, 0) is 25.5 Å². The van der Waals surface area contributed by atoms with E-state index >= 15 is 0 Å². The normalized spacial score (nSPS) is 10.5. The SMILES string of the molecule is CCC(=O)OCN(C)CCCc1ccccc1. The lowest BCUT2D eigenvalue weighted by Crippen LogP contribution is -2.25. The average Bonchev–Trinajstić information content (AvgIpc) is 2.37. The molecule has 1 rings (SSSR count). The van der Waals surface area contributed by atoms with Gasteiger partial charge in [-0.3, -0.25) is 9.69 Å². The molecule has 3 nitrogen and oxygen atoms in total. The van der Waals surface area contributed by atoms with Crippen molar-refractivity contribution in [2.45, 2.75) is 26.2 Å². The van der Waals surface area contributed by atoms with Gasteiger partial charge in [-0.15, -0.1) is 0 Å². The van der Waals surface area contributed by atoms with Crippen molar-refractivity contribution in [3.05, 3.63) is 35.9 Å². The van der Waals surface area contributed by atoms with Crippen LogP contribution in [0.15, 0.2) is 30.3 Å². The molecule has 94 valence electrons. The number of benzene rings is 1. The molecule has 0 unspecified atom stereocenters. The smallest absolute Gasteiger partial charge is 0.306 e. The zero-order valence-corrected chi connectivity index (χ0v) is 10.7. The second-order valence-electron chi connectivity index (χ2n) is 4.17. The lowest BCUT2D eigenvalue weighted by molar-refractivity contribution is -0.147. The second-order valence-corrected chi connectivity index (χ2v) is 4.17. The molecule has 0 amide bonds. The number of nitrogens with zero attached hydrogens (tertiary/aromatic N) is 1. The Bertz CT molecular complexity index is 324. The molecule has 0 saturated heterocycles. The largest absolute Gasteiger partial charge is 0.450 e. The van der Waals surface area contributed by atoms with Crippen LogP contribution in [0.4, 0.5) is 0 Å². The Kier molecular flexibility index (Phi) is 6.33. The maximum absolute atomic E-state index is 11.0. The van der Waals surface area contributed by atoms with Gasteiger partial charge in [0.05, 0.1) is 0 Å². The average molecular weight is 235 g/mol. The number of esters is 1. The molecule has 0 heterocycles. The third kappa shape index (κ3) is 6.07. The minimum atomic E-state index is -0.139. The van der Waals surface area contributed by atoms with Crippen LogP contribution < -0.4 is 0 Å². The molecule has 1 aromatic carbocycles. The van der Waals surface area contributed by atoms with Gasteiger partial charge >= 0.3 is 5.97 Å². The maximum Gasteiger partial charge on any atom is 0.306 e. The highest BCUT2D eigenvalue weighted by atomic mass is 16.5. The number of carbonyl (C=O) groups excluding carboxylic acids is 1. The topological polar surface area (TPSA) is 29.5 Å². The number of hydrogen-bond acceptors (Lipinski definition) is 3. The summed E-state index contributed by atoms with van der Waals surface area (Å²) in [7, 11) is 1.97. The van der Waals surface area contributed by atoms with Crippen molar-refractivity contribution < 1.29 is 9.53 Å². The summed E-state index contributed by atoms with van der Waals surface area (Å²) in [5.74, 6) is -0.139. The third-order valence-corrected chi connectivity index (χ3v) is 2.58. The minimum Gasteiger partial charge on any atom is -0.450 e. The van der Waals surface area contributed by atoms with E-state index in [-0.39, 0.29) is 5.97 Å². The molecule has 0 N–H and O–H groups in total. The second kappa shape index (κ2) is 7.85. The Labute approximate surface area is 103 Å². The van der Waals surface area contributed by atoms with Gasteiger partial charge in [0.25, 0.3) is 0 Å². The first-order chi connectivity index (χ1) is 8.22. The predicted molar refractivity (Wildman–Crippen MR) is 68.6 cm³/mol. The monoisotopic (exact) mass is 235 g/mol. The summed E-state index contributed by atoms with van der Waals surface area (Å²) >= 11 is 0. The summed E-state index contributed by atoms with van der Waals surface area (Å²) in [6, 6.07) is 10.4. The molecule has 0 fully saturated rings. The molecule has 0 atom stereocenters. The molecule has 0 aliphatic carbocycles. The van der Waals surface area contributed by atoms with E-state index in [1.165, 1.54) is 5.56 Å². The van der Waals surface area contributed by atoms with Gasteiger partial charge in [0.2, 0.25) is 0 Å². The predicted octanol–water partition coefficient (Wildman–Crippen LogP) is 2.46. The number of rotatable bonds is 7. The fraction of sp³-hybridized carbons (Fsp3) is 0.500. The highest BCUT2D eigenvalue weighted by Gasteiger charge is 2.02. The number of aryl methyl sites for hydroxylation is 1. The van der Waals surface area contributed by atoms with E-state index in [0.29, 0.717) is 13.2 Å². The first-order valence-electron chi connectivity index (χ1n) is 6.10. The Morgan fingerprint density at radius 3 is 2.65 bits per heavy atom. The van der Waals surface area contributed by atoms with Gasteiger partial charge in [0.15, 0.2) is 0 Å². The van der Waals surface area contributed by atoms with Gasteiger partial charge in [-0.2, -0.15) is 0 Å². The molecule has 0 aliphatic heterocycles. The first-order valence-corrected chi connectivity index (χ1v) is 6.10. The van der Waals surface area contributed by atoms with Crippen LogP contribution in [0.2, 0.25) is 0 Å². The lowest BCUT2D eigenvalue weighted by Gasteiger charge is -2.16. The Balaban J connectivity index is 2.12. The van der Waals surface area contributed by atoms with E-state index in [1.54, 1.807) is 6.92 Å². The zero-order valence-electron chi connectivity index (χ0n) is 10.7. The van der Waals surface area contributed by atoms with E-state index in [0.717, 1.165) is 19.4 Å². The summed E-state index contributed by atoms with van der Waals surface area (Å²) in [4.78, 5) is 13.0. The van der Waals surface area contributed by atoms with E-state index in [9.17, 15) is 4.79 Å².